The lowest BCUT2D eigenvalue weighted by atomic mass is 10.4. The van der Waals surface area contributed by atoms with Crippen LogP contribution in [0.3, 0.4) is 0 Å². The van der Waals surface area contributed by atoms with Crippen LogP contribution in [-0.4, -0.2) is 24.9 Å². The van der Waals surface area contributed by atoms with Gasteiger partial charge in [0, 0.05) is 13.0 Å². The third-order valence-electron chi connectivity index (χ3n) is 1.14. The van der Waals surface area contributed by atoms with E-state index >= 15 is 0 Å². The number of nitrogens with one attached hydrogen (secondary N) is 2. The first-order valence-electron chi connectivity index (χ1n) is 3.74. The lowest BCUT2D eigenvalue weighted by Gasteiger charge is -2.02. The molecule has 0 aromatic rings. The molecule has 0 bridgehead atoms. The second-order valence-corrected chi connectivity index (χ2v) is 2.08. The van der Waals surface area contributed by atoms with Crippen LogP contribution in [0.2, 0.25) is 0 Å². The zero-order valence-electron chi connectivity index (χ0n) is 6.94. The molecule has 0 rings (SSSR count). The number of amides is 2. The lowest BCUT2D eigenvalue weighted by molar-refractivity contribution is -0.125. The van der Waals surface area contributed by atoms with Gasteiger partial charge >= 0.3 is 0 Å². The third kappa shape index (κ3) is 5.39. The molecule has 0 spiro atoms. The molecule has 0 aromatic heterocycles. The summed E-state index contributed by atoms with van der Waals surface area (Å²) >= 11 is 0. The van der Waals surface area contributed by atoms with Crippen molar-refractivity contribution in [3.05, 3.63) is 0 Å². The van der Waals surface area contributed by atoms with Gasteiger partial charge in [0.25, 0.3) is 0 Å². The van der Waals surface area contributed by atoms with Gasteiger partial charge in [-0.3, -0.25) is 9.59 Å². The Morgan fingerprint density at radius 1 is 1.09 bits per heavy atom. The fourth-order valence-corrected chi connectivity index (χ4v) is 0.564. The van der Waals surface area contributed by atoms with Crippen LogP contribution in [0.4, 0.5) is 0 Å². The Morgan fingerprint density at radius 2 is 1.73 bits per heavy atom. The van der Waals surface area contributed by atoms with Crippen molar-refractivity contribution in [3.63, 3.8) is 0 Å². The summed E-state index contributed by atoms with van der Waals surface area (Å²) in [6.07, 6.45) is 0.416. The van der Waals surface area contributed by atoms with Gasteiger partial charge in [-0.25, -0.2) is 0 Å². The second-order valence-electron chi connectivity index (χ2n) is 2.08. The zero-order valence-corrected chi connectivity index (χ0v) is 6.94. The fourth-order valence-electron chi connectivity index (χ4n) is 0.564. The molecule has 0 aliphatic carbocycles. The molecule has 0 aliphatic heterocycles. The molecule has 0 atom stereocenters. The smallest absolute Gasteiger partial charge is 0.239 e. The lowest BCUT2D eigenvalue weighted by Crippen LogP contribution is -2.36. The molecule has 0 aromatic carbocycles. The van der Waals surface area contributed by atoms with E-state index in [-0.39, 0.29) is 18.4 Å². The van der Waals surface area contributed by atoms with Gasteiger partial charge in [-0.1, -0.05) is 6.92 Å². The van der Waals surface area contributed by atoms with Crippen LogP contribution in [0.5, 0.6) is 0 Å². The Balaban J connectivity index is 3.38. The Bertz CT molecular complexity index is 145. The molecule has 11 heavy (non-hydrogen) atoms. The largest absolute Gasteiger partial charge is 0.355 e. The van der Waals surface area contributed by atoms with E-state index in [0.717, 1.165) is 0 Å². The molecule has 0 aliphatic rings. The van der Waals surface area contributed by atoms with E-state index in [1.165, 1.54) is 0 Å². The van der Waals surface area contributed by atoms with Gasteiger partial charge in [0.15, 0.2) is 0 Å². The van der Waals surface area contributed by atoms with Crippen LogP contribution in [0, 0.1) is 0 Å². The summed E-state index contributed by atoms with van der Waals surface area (Å²) in [7, 11) is 0. The van der Waals surface area contributed by atoms with Crippen LogP contribution in [-0.2, 0) is 9.59 Å². The highest BCUT2D eigenvalue weighted by Gasteiger charge is 2.00. The van der Waals surface area contributed by atoms with Crippen LogP contribution >= 0.6 is 0 Å². The van der Waals surface area contributed by atoms with Gasteiger partial charge in [0.05, 0.1) is 6.54 Å². The summed E-state index contributed by atoms with van der Waals surface area (Å²) in [5.74, 6) is -0.245. The van der Waals surface area contributed by atoms with Crippen LogP contribution in [0.1, 0.15) is 20.3 Å². The highest BCUT2D eigenvalue weighted by atomic mass is 16.2. The molecule has 0 saturated carbocycles. The first-order chi connectivity index (χ1) is 5.20. The van der Waals surface area contributed by atoms with E-state index in [9.17, 15) is 9.59 Å². The van der Waals surface area contributed by atoms with E-state index in [0.29, 0.717) is 13.0 Å². The summed E-state index contributed by atoms with van der Waals surface area (Å²) in [6, 6.07) is 0. The SMILES string of the molecule is CCNC(=O)CNC(=O)CC. The number of carbonyl (C=O) groups is 2. The van der Waals surface area contributed by atoms with Crippen molar-refractivity contribution in [2.45, 2.75) is 20.3 Å². The van der Waals surface area contributed by atoms with Gasteiger partial charge in [0.1, 0.15) is 0 Å². The standard InChI is InChI=1S/C7H14N2O2/c1-3-6(10)9-5-7(11)8-4-2/h3-5H2,1-2H3,(H,8,11)(H,9,10). The molecule has 4 nitrogen and oxygen atoms in total. The summed E-state index contributed by atoms with van der Waals surface area (Å²) in [4.78, 5) is 21.4. The Kier molecular flexibility index (Phi) is 5.15. The predicted octanol–water partition coefficient (Wildman–Crippen LogP) is -0.351. The van der Waals surface area contributed by atoms with Crippen molar-refractivity contribution in [2.24, 2.45) is 0 Å². The maximum Gasteiger partial charge on any atom is 0.239 e. The Hall–Kier alpha value is -1.06. The molecule has 0 heterocycles. The quantitative estimate of drug-likeness (QED) is 0.587. The second kappa shape index (κ2) is 5.70. The van der Waals surface area contributed by atoms with E-state index < -0.39 is 0 Å². The maximum atomic E-state index is 10.7. The van der Waals surface area contributed by atoms with Crippen molar-refractivity contribution in [3.8, 4) is 0 Å². The van der Waals surface area contributed by atoms with E-state index in [2.05, 4.69) is 10.6 Å². The van der Waals surface area contributed by atoms with Crippen LogP contribution in [0.15, 0.2) is 0 Å². The molecule has 0 radical (unpaired) electrons. The first kappa shape index (κ1) is 9.94. The minimum atomic E-state index is -0.144. The summed E-state index contributed by atoms with van der Waals surface area (Å²) in [6.45, 7) is 4.26. The molecule has 0 fully saturated rings. The average molecular weight is 158 g/mol. The van der Waals surface area contributed by atoms with Gasteiger partial charge in [-0.05, 0) is 6.92 Å². The number of likely N-dealkylation sites (N-methyl/N-ethyl adjacent to an activating group) is 1. The topological polar surface area (TPSA) is 58.2 Å². The minimum absolute atomic E-state index is 0.0838. The molecule has 4 heteroatoms. The van der Waals surface area contributed by atoms with Gasteiger partial charge < -0.3 is 10.6 Å². The molecule has 2 N–H and O–H groups in total. The van der Waals surface area contributed by atoms with Crippen molar-refractivity contribution < 1.29 is 9.59 Å². The van der Waals surface area contributed by atoms with Crippen molar-refractivity contribution in [2.75, 3.05) is 13.1 Å². The Morgan fingerprint density at radius 3 is 2.18 bits per heavy atom. The van der Waals surface area contributed by atoms with Gasteiger partial charge in [-0.2, -0.15) is 0 Å². The van der Waals surface area contributed by atoms with Crippen LogP contribution in [0.25, 0.3) is 0 Å². The van der Waals surface area contributed by atoms with E-state index in [1.54, 1.807) is 6.92 Å². The normalized spacial score (nSPS) is 8.91. The molecular weight excluding hydrogens is 144 g/mol. The number of carbonyl (C=O) groups excluding carboxylic acids is 2. The minimum Gasteiger partial charge on any atom is -0.355 e. The third-order valence-corrected chi connectivity index (χ3v) is 1.14. The number of rotatable bonds is 4. The van der Waals surface area contributed by atoms with Gasteiger partial charge in [-0.15, -0.1) is 0 Å². The van der Waals surface area contributed by atoms with Crippen LogP contribution < -0.4 is 10.6 Å². The van der Waals surface area contributed by atoms with Crippen molar-refractivity contribution >= 4 is 11.8 Å². The summed E-state index contributed by atoms with van der Waals surface area (Å²) in [5.41, 5.74) is 0. The van der Waals surface area contributed by atoms with E-state index in [4.69, 9.17) is 0 Å². The van der Waals surface area contributed by atoms with Crippen molar-refractivity contribution in [1.29, 1.82) is 0 Å². The molecule has 0 saturated heterocycles. The highest BCUT2D eigenvalue weighted by Crippen LogP contribution is 1.73. The first-order valence-corrected chi connectivity index (χ1v) is 3.74. The molecular formula is C7H14N2O2. The van der Waals surface area contributed by atoms with Gasteiger partial charge in [0.2, 0.25) is 11.8 Å². The monoisotopic (exact) mass is 158 g/mol. The summed E-state index contributed by atoms with van der Waals surface area (Å²) < 4.78 is 0. The molecule has 2 amide bonds. The molecule has 0 unspecified atom stereocenters. The highest BCUT2D eigenvalue weighted by molar-refractivity contribution is 5.84. The fraction of sp³-hybridized carbons (Fsp3) is 0.714. The number of hydrogen-bond acceptors (Lipinski definition) is 2. The zero-order chi connectivity index (χ0) is 8.69. The summed E-state index contributed by atoms with van der Waals surface area (Å²) in [5, 5.41) is 5.04. The van der Waals surface area contributed by atoms with E-state index in [1.807, 2.05) is 6.92 Å². The predicted molar refractivity (Wildman–Crippen MR) is 42.0 cm³/mol. The molecule has 64 valence electrons. The number of hydrogen-bond donors (Lipinski definition) is 2. The van der Waals surface area contributed by atoms with Crippen molar-refractivity contribution in [1.82, 2.24) is 10.6 Å². The Labute approximate surface area is 66.4 Å². The average Bonchev–Trinajstić information content (AvgIpc) is 2.01. The maximum absolute atomic E-state index is 10.7.